The van der Waals surface area contributed by atoms with Crippen LogP contribution < -0.4 is 14.8 Å². The summed E-state index contributed by atoms with van der Waals surface area (Å²) in [5.74, 6) is 1.71. The summed E-state index contributed by atoms with van der Waals surface area (Å²) in [7, 11) is 0. The number of hydrogen-bond donors (Lipinski definition) is 1. The number of fused-ring (bicyclic) bond motifs is 1. The van der Waals surface area contributed by atoms with Crippen LogP contribution in [0.1, 0.15) is 18.9 Å². The highest BCUT2D eigenvalue weighted by Crippen LogP contribution is 2.32. The van der Waals surface area contributed by atoms with Crippen molar-refractivity contribution in [1.29, 1.82) is 0 Å². The first-order valence-electron chi connectivity index (χ1n) is 7.62. The highest BCUT2D eigenvalue weighted by atomic mass is 16.7. The van der Waals surface area contributed by atoms with E-state index in [-0.39, 0.29) is 6.10 Å². The van der Waals surface area contributed by atoms with Crippen molar-refractivity contribution in [3.63, 3.8) is 0 Å². The summed E-state index contributed by atoms with van der Waals surface area (Å²) in [6, 6.07) is 6.62. The molecule has 0 radical (unpaired) electrons. The zero-order valence-corrected chi connectivity index (χ0v) is 12.5. The second-order valence-electron chi connectivity index (χ2n) is 5.60. The van der Waals surface area contributed by atoms with Gasteiger partial charge in [0.1, 0.15) is 0 Å². The van der Waals surface area contributed by atoms with Gasteiger partial charge in [-0.2, -0.15) is 0 Å². The van der Waals surface area contributed by atoms with E-state index in [0.717, 1.165) is 37.5 Å². The van der Waals surface area contributed by atoms with Crippen LogP contribution >= 0.6 is 0 Å². The third-order valence-corrected chi connectivity index (χ3v) is 3.88. The van der Waals surface area contributed by atoms with Gasteiger partial charge in [0.05, 0.1) is 25.9 Å². The highest BCUT2D eigenvalue weighted by molar-refractivity contribution is 5.44. The molecular formula is C16H23NO4. The normalized spacial score (nSPS) is 22.2. The Morgan fingerprint density at radius 1 is 1.24 bits per heavy atom. The first-order valence-corrected chi connectivity index (χ1v) is 7.62. The molecule has 5 heteroatoms. The van der Waals surface area contributed by atoms with E-state index >= 15 is 0 Å². The van der Waals surface area contributed by atoms with Gasteiger partial charge in [-0.05, 0) is 37.5 Å². The zero-order chi connectivity index (χ0) is 14.5. The number of hydrogen-bond acceptors (Lipinski definition) is 5. The number of nitrogens with one attached hydrogen (secondary N) is 1. The molecule has 5 nitrogen and oxygen atoms in total. The summed E-state index contributed by atoms with van der Waals surface area (Å²) in [6.45, 7) is 5.51. The molecule has 0 bridgehead atoms. The molecule has 2 aliphatic rings. The molecule has 2 aliphatic heterocycles. The van der Waals surface area contributed by atoms with E-state index in [1.54, 1.807) is 0 Å². The highest BCUT2D eigenvalue weighted by Gasteiger charge is 2.16. The van der Waals surface area contributed by atoms with Gasteiger partial charge in [0, 0.05) is 12.6 Å². The van der Waals surface area contributed by atoms with E-state index in [2.05, 4.69) is 24.4 Å². The summed E-state index contributed by atoms with van der Waals surface area (Å²) in [4.78, 5) is 0. The van der Waals surface area contributed by atoms with Crippen LogP contribution in [-0.2, 0) is 15.9 Å². The lowest BCUT2D eigenvalue weighted by atomic mass is 10.1. The van der Waals surface area contributed by atoms with Crippen LogP contribution in [0.5, 0.6) is 11.5 Å². The molecule has 0 aliphatic carbocycles. The molecule has 1 fully saturated rings. The standard InChI is InChI=1S/C16H23NO4/c1-12(17-9-14-10-18-6-7-19-14)2-3-13-4-5-15-16(8-13)21-11-20-15/h4-5,8,12,14,17H,2-3,6-7,9-11H2,1H3. The van der Waals surface area contributed by atoms with Crippen LogP contribution in [0.2, 0.25) is 0 Å². The van der Waals surface area contributed by atoms with Crippen molar-refractivity contribution >= 4 is 0 Å². The first kappa shape index (κ1) is 14.6. The number of ether oxygens (including phenoxy) is 4. The van der Waals surface area contributed by atoms with Gasteiger partial charge in [-0.15, -0.1) is 0 Å². The Kier molecular flexibility index (Phi) is 4.95. The van der Waals surface area contributed by atoms with Crippen molar-refractivity contribution in [2.45, 2.75) is 31.9 Å². The smallest absolute Gasteiger partial charge is 0.231 e. The van der Waals surface area contributed by atoms with Crippen molar-refractivity contribution in [2.75, 3.05) is 33.2 Å². The molecule has 1 N–H and O–H groups in total. The monoisotopic (exact) mass is 293 g/mol. The lowest BCUT2D eigenvalue weighted by molar-refractivity contribution is -0.0869. The van der Waals surface area contributed by atoms with Crippen LogP contribution in [0.3, 0.4) is 0 Å². The summed E-state index contributed by atoms with van der Waals surface area (Å²) in [6.07, 6.45) is 2.28. The van der Waals surface area contributed by atoms with Crippen molar-refractivity contribution < 1.29 is 18.9 Å². The molecule has 2 heterocycles. The lowest BCUT2D eigenvalue weighted by Crippen LogP contribution is -2.40. The van der Waals surface area contributed by atoms with Crippen molar-refractivity contribution in [2.24, 2.45) is 0 Å². The molecule has 116 valence electrons. The molecule has 21 heavy (non-hydrogen) atoms. The number of aryl methyl sites for hydroxylation is 1. The Hall–Kier alpha value is -1.30. The lowest BCUT2D eigenvalue weighted by Gasteiger charge is -2.25. The van der Waals surface area contributed by atoms with Gasteiger partial charge < -0.3 is 24.3 Å². The van der Waals surface area contributed by atoms with Crippen LogP contribution in [0, 0.1) is 0 Å². The summed E-state index contributed by atoms with van der Waals surface area (Å²) >= 11 is 0. The Labute approximate surface area is 125 Å². The Bertz CT molecular complexity index is 460. The molecule has 0 amide bonds. The van der Waals surface area contributed by atoms with Crippen LogP contribution in [0.4, 0.5) is 0 Å². The molecule has 0 spiro atoms. The number of rotatable bonds is 6. The fourth-order valence-corrected chi connectivity index (χ4v) is 2.57. The predicted octanol–water partition coefficient (Wildman–Crippen LogP) is 1.74. The minimum absolute atomic E-state index is 0.187. The average Bonchev–Trinajstić information content (AvgIpc) is 2.99. The fourth-order valence-electron chi connectivity index (χ4n) is 2.57. The molecule has 0 saturated carbocycles. The summed E-state index contributed by atoms with van der Waals surface area (Å²) in [5.41, 5.74) is 1.28. The summed E-state index contributed by atoms with van der Waals surface area (Å²) < 4.78 is 21.7. The predicted molar refractivity (Wildman–Crippen MR) is 78.9 cm³/mol. The van der Waals surface area contributed by atoms with E-state index in [1.165, 1.54) is 5.56 Å². The summed E-state index contributed by atoms with van der Waals surface area (Å²) in [5, 5.41) is 3.51. The molecule has 0 aromatic heterocycles. The Morgan fingerprint density at radius 3 is 3.00 bits per heavy atom. The van der Waals surface area contributed by atoms with Gasteiger partial charge >= 0.3 is 0 Å². The van der Waals surface area contributed by atoms with E-state index in [1.807, 2.05) is 6.07 Å². The van der Waals surface area contributed by atoms with Gasteiger partial charge in [-0.1, -0.05) is 6.07 Å². The molecule has 1 aromatic carbocycles. The van der Waals surface area contributed by atoms with Crippen molar-refractivity contribution in [1.82, 2.24) is 5.32 Å². The second-order valence-corrected chi connectivity index (χ2v) is 5.60. The maximum atomic E-state index is 5.62. The number of benzene rings is 1. The fraction of sp³-hybridized carbons (Fsp3) is 0.625. The minimum Gasteiger partial charge on any atom is -0.454 e. The largest absolute Gasteiger partial charge is 0.454 e. The van der Waals surface area contributed by atoms with E-state index in [0.29, 0.717) is 26.0 Å². The van der Waals surface area contributed by atoms with Gasteiger partial charge in [0.2, 0.25) is 6.79 Å². The van der Waals surface area contributed by atoms with Gasteiger partial charge in [0.15, 0.2) is 11.5 Å². The second kappa shape index (κ2) is 7.11. The van der Waals surface area contributed by atoms with Crippen LogP contribution in [0.15, 0.2) is 18.2 Å². The molecule has 3 rings (SSSR count). The first-order chi connectivity index (χ1) is 10.3. The van der Waals surface area contributed by atoms with Crippen LogP contribution in [-0.4, -0.2) is 45.3 Å². The van der Waals surface area contributed by atoms with E-state index in [9.17, 15) is 0 Å². The molecule has 1 saturated heterocycles. The van der Waals surface area contributed by atoms with Crippen molar-refractivity contribution in [3.05, 3.63) is 23.8 Å². The van der Waals surface area contributed by atoms with Gasteiger partial charge in [-0.25, -0.2) is 0 Å². The zero-order valence-electron chi connectivity index (χ0n) is 12.5. The van der Waals surface area contributed by atoms with Crippen LogP contribution in [0.25, 0.3) is 0 Å². The molecular weight excluding hydrogens is 270 g/mol. The SMILES string of the molecule is CC(CCc1ccc2c(c1)OCO2)NCC1COCCO1. The Morgan fingerprint density at radius 2 is 2.14 bits per heavy atom. The van der Waals surface area contributed by atoms with Crippen molar-refractivity contribution in [3.8, 4) is 11.5 Å². The maximum Gasteiger partial charge on any atom is 0.231 e. The minimum atomic E-state index is 0.187. The molecule has 2 atom stereocenters. The third-order valence-electron chi connectivity index (χ3n) is 3.88. The average molecular weight is 293 g/mol. The van der Waals surface area contributed by atoms with Gasteiger partial charge in [0.25, 0.3) is 0 Å². The quantitative estimate of drug-likeness (QED) is 0.866. The molecule has 1 aromatic rings. The Balaban J connectivity index is 1.40. The van der Waals surface area contributed by atoms with Gasteiger partial charge in [-0.3, -0.25) is 0 Å². The third kappa shape index (κ3) is 4.09. The van der Waals surface area contributed by atoms with E-state index < -0.39 is 0 Å². The van der Waals surface area contributed by atoms with E-state index in [4.69, 9.17) is 18.9 Å². The molecule has 2 unspecified atom stereocenters. The topological polar surface area (TPSA) is 49.0 Å². The maximum absolute atomic E-state index is 5.62.